The third kappa shape index (κ3) is 3.42. The Labute approximate surface area is 119 Å². The summed E-state index contributed by atoms with van der Waals surface area (Å²) >= 11 is 0. The van der Waals surface area contributed by atoms with Crippen LogP contribution in [0, 0.1) is 0 Å². The summed E-state index contributed by atoms with van der Waals surface area (Å²) in [6.07, 6.45) is -1.51. The summed E-state index contributed by atoms with van der Waals surface area (Å²) in [7, 11) is -0.971. The van der Waals surface area contributed by atoms with E-state index in [4.69, 9.17) is 23.5 Å². The van der Waals surface area contributed by atoms with Gasteiger partial charge in [0, 0.05) is 13.5 Å². The number of rotatable bonds is 6. The van der Waals surface area contributed by atoms with Crippen LogP contribution in [-0.4, -0.2) is 55.1 Å². The first-order valence-corrected chi connectivity index (χ1v) is 8.16. The highest BCUT2D eigenvalue weighted by Gasteiger charge is 2.55. The summed E-state index contributed by atoms with van der Waals surface area (Å²) in [6.45, 7) is 5.66. The molecular weight excluding hydrogens is 287 g/mol. The Morgan fingerprint density at radius 1 is 1.35 bits per heavy atom. The van der Waals surface area contributed by atoms with Crippen LogP contribution in [0.5, 0.6) is 0 Å². The van der Waals surface area contributed by atoms with Gasteiger partial charge in [0.1, 0.15) is 18.1 Å². The van der Waals surface area contributed by atoms with Crippen LogP contribution in [0.3, 0.4) is 0 Å². The maximum absolute atomic E-state index is 11.7. The molecule has 0 aromatic rings. The van der Waals surface area contributed by atoms with Gasteiger partial charge in [-0.1, -0.05) is 0 Å². The molecule has 0 aromatic heterocycles. The van der Waals surface area contributed by atoms with Crippen LogP contribution in [0.1, 0.15) is 27.2 Å². The van der Waals surface area contributed by atoms with E-state index in [1.807, 2.05) is 13.8 Å². The van der Waals surface area contributed by atoms with Crippen molar-refractivity contribution in [1.82, 2.24) is 0 Å². The van der Waals surface area contributed by atoms with Crippen molar-refractivity contribution < 1.29 is 33.1 Å². The number of methoxy groups -OCH3 is 1. The summed E-state index contributed by atoms with van der Waals surface area (Å²) in [5, 5.41) is 9.91. The Balaban J connectivity index is 2.00. The average molecular weight is 310 g/mol. The van der Waals surface area contributed by atoms with Gasteiger partial charge in [0.25, 0.3) is 0 Å². The molecule has 2 rings (SSSR count). The second kappa shape index (κ2) is 6.40. The molecule has 0 aromatic carbocycles. The number of hydrogen-bond acceptors (Lipinski definition) is 7. The fourth-order valence-corrected chi connectivity index (χ4v) is 3.48. The Hall–Kier alpha value is -0.0100. The highest BCUT2D eigenvalue weighted by Crippen LogP contribution is 2.42. The molecule has 0 bridgehead atoms. The van der Waals surface area contributed by atoms with Gasteiger partial charge >= 0.3 is 0 Å². The first-order valence-electron chi connectivity index (χ1n) is 6.76. The fourth-order valence-electron chi connectivity index (χ4n) is 2.58. The molecule has 2 heterocycles. The Morgan fingerprint density at radius 2 is 2.00 bits per heavy atom. The maximum Gasteiger partial charge on any atom is 0.219 e. The van der Waals surface area contributed by atoms with Crippen LogP contribution in [0.25, 0.3) is 0 Å². The van der Waals surface area contributed by atoms with E-state index in [0.717, 1.165) is 0 Å². The van der Waals surface area contributed by atoms with Crippen LogP contribution in [0.15, 0.2) is 0 Å². The summed E-state index contributed by atoms with van der Waals surface area (Å²) in [6, 6.07) is 0. The second-order valence-electron chi connectivity index (χ2n) is 5.35. The van der Waals surface area contributed by atoms with Gasteiger partial charge in [-0.3, -0.25) is 4.57 Å². The molecule has 1 N–H and O–H groups in total. The van der Waals surface area contributed by atoms with Crippen LogP contribution >= 0.6 is 8.03 Å². The summed E-state index contributed by atoms with van der Waals surface area (Å²) < 4.78 is 39.0. The van der Waals surface area contributed by atoms with E-state index in [9.17, 15) is 9.67 Å². The van der Waals surface area contributed by atoms with E-state index >= 15 is 0 Å². The Kier molecular flexibility index (Phi) is 5.24. The molecule has 7 nitrogen and oxygen atoms in total. The zero-order valence-electron chi connectivity index (χ0n) is 12.2. The molecule has 2 aliphatic rings. The normalized spacial score (nSPS) is 38.6. The SMILES string of the molecule is CCO[PH](=O)C(O)C[C@H]1O[C@@H](OC)[C@@H]2OC(C)(C)O[C@@H]21. The minimum absolute atomic E-state index is 0.165. The molecule has 2 unspecified atom stereocenters. The van der Waals surface area contributed by atoms with Crippen molar-refractivity contribution in [2.75, 3.05) is 13.7 Å². The van der Waals surface area contributed by atoms with Gasteiger partial charge in [-0.05, 0) is 20.8 Å². The fraction of sp³-hybridized carbons (Fsp3) is 1.00. The minimum Gasteiger partial charge on any atom is -0.383 e. The van der Waals surface area contributed by atoms with Crippen molar-refractivity contribution in [2.45, 2.75) is 63.4 Å². The predicted molar refractivity (Wildman–Crippen MR) is 70.7 cm³/mol. The summed E-state index contributed by atoms with van der Waals surface area (Å²) in [5.74, 6) is -1.78. The predicted octanol–water partition coefficient (Wildman–Crippen LogP) is 1.10. The maximum atomic E-state index is 11.7. The highest BCUT2D eigenvalue weighted by molar-refractivity contribution is 7.39. The molecule has 20 heavy (non-hydrogen) atoms. The van der Waals surface area contributed by atoms with Gasteiger partial charge in [0.05, 0.1) is 12.7 Å². The van der Waals surface area contributed by atoms with Crippen LogP contribution in [0.2, 0.25) is 0 Å². The van der Waals surface area contributed by atoms with E-state index in [2.05, 4.69) is 0 Å². The Bertz CT molecular complexity index is 362. The zero-order valence-corrected chi connectivity index (χ0v) is 13.2. The first kappa shape index (κ1) is 16.4. The lowest BCUT2D eigenvalue weighted by atomic mass is 10.1. The molecule has 0 spiro atoms. The van der Waals surface area contributed by atoms with Gasteiger partial charge in [0.2, 0.25) is 8.03 Å². The van der Waals surface area contributed by atoms with Gasteiger partial charge in [-0.25, -0.2) is 0 Å². The molecular formula is C12H23O7P. The largest absolute Gasteiger partial charge is 0.383 e. The van der Waals surface area contributed by atoms with E-state index < -0.39 is 32.1 Å². The average Bonchev–Trinajstić information content (AvgIpc) is 2.84. The van der Waals surface area contributed by atoms with Crippen molar-refractivity contribution in [3.8, 4) is 0 Å². The van der Waals surface area contributed by atoms with Crippen molar-refractivity contribution in [2.24, 2.45) is 0 Å². The van der Waals surface area contributed by atoms with Crippen LogP contribution in [-0.2, 0) is 28.0 Å². The lowest BCUT2D eigenvalue weighted by Gasteiger charge is -2.24. The number of aliphatic hydroxyl groups excluding tert-OH is 1. The molecule has 0 saturated carbocycles. The van der Waals surface area contributed by atoms with Crippen molar-refractivity contribution >= 4 is 8.03 Å². The molecule has 6 atom stereocenters. The highest BCUT2D eigenvalue weighted by atomic mass is 31.1. The molecule has 0 aliphatic carbocycles. The second-order valence-corrected chi connectivity index (χ2v) is 6.94. The van der Waals surface area contributed by atoms with Crippen molar-refractivity contribution in [3.63, 3.8) is 0 Å². The van der Waals surface area contributed by atoms with Gasteiger partial charge in [0.15, 0.2) is 12.1 Å². The van der Waals surface area contributed by atoms with Crippen molar-refractivity contribution in [1.29, 1.82) is 0 Å². The number of ether oxygens (including phenoxy) is 4. The van der Waals surface area contributed by atoms with E-state index in [1.165, 1.54) is 7.11 Å². The molecule has 0 radical (unpaired) electrons. The standard InChI is InChI=1S/C12H23O7P/c1-5-16-20(14)8(13)6-7-9-10(11(15-4)17-7)19-12(2,3)18-9/h7-11,13,20H,5-6H2,1-4H3/t7-,8?,9-,10-,11-/m1/s1. The molecule has 2 aliphatic heterocycles. The van der Waals surface area contributed by atoms with Gasteiger partial charge in [-0.15, -0.1) is 0 Å². The lowest BCUT2D eigenvalue weighted by Crippen LogP contribution is -2.31. The lowest BCUT2D eigenvalue weighted by molar-refractivity contribution is -0.228. The van der Waals surface area contributed by atoms with E-state index in [1.54, 1.807) is 6.92 Å². The van der Waals surface area contributed by atoms with Crippen LogP contribution < -0.4 is 0 Å². The first-order chi connectivity index (χ1) is 9.38. The van der Waals surface area contributed by atoms with E-state index in [0.29, 0.717) is 6.61 Å². The quantitative estimate of drug-likeness (QED) is 0.735. The van der Waals surface area contributed by atoms with Crippen molar-refractivity contribution in [3.05, 3.63) is 0 Å². The van der Waals surface area contributed by atoms with Gasteiger partial charge in [-0.2, -0.15) is 0 Å². The van der Waals surface area contributed by atoms with Crippen LogP contribution in [0.4, 0.5) is 0 Å². The molecule has 2 fully saturated rings. The topological polar surface area (TPSA) is 83.5 Å². The third-order valence-corrected chi connectivity index (χ3v) is 4.71. The smallest absolute Gasteiger partial charge is 0.219 e. The molecule has 118 valence electrons. The number of fused-ring (bicyclic) bond motifs is 1. The third-order valence-electron chi connectivity index (χ3n) is 3.35. The summed E-state index contributed by atoms with van der Waals surface area (Å²) in [4.78, 5) is 0. The monoisotopic (exact) mass is 310 g/mol. The minimum atomic E-state index is -2.50. The molecule has 8 heteroatoms. The van der Waals surface area contributed by atoms with Gasteiger partial charge < -0.3 is 28.6 Å². The van der Waals surface area contributed by atoms with E-state index in [-0.39, 0.29) is 18.6 Å². The molecule has 0 amide bonds. The number of aliphatic hydroxyl groups is 1. The Morgan fingerprint density at radius 3 is 2.60 bits per heavy atom. The summed E-state index contributed by atoms with van der Waals surface area (Å²) in [5.41, 5.74) is 0. The number of hydrogen-bond donors (Lipinski definition) is 1. The molecule has 2 saturated heterocycles. The zero-order chi connectivity index (χ0) is 14.9.